The number of carbonyl (C=O) groups is 1. The van der Waals surface area contributed by atoms with Gasteiger partial charge < -0.3 is 5.32 Å². The van der Waals surface area contributed by atoms with E-state index in [4.69, 9.17) is 0 Å². The predicted octanol–water partition coefficient (Wildman–Crippen LogP) is 3.90. The normalized spacial score (nSPS) is 12.4. The van der Waals surface area contributed by atoms with Gasteiger partial charge in [0.2, 0.25) is 6.41 Å². The fourth-order valence-corrected chi connectivity index (χ4v) is 2.13. The molecule has 1 unspecified atom stereocenters. The number of unbranched alkanes of at least 4 members (excludes halogenated alkanes) is 4. The molecule has 0 rings (SSSR count). The Kier molecular flexibility index (Phi) is 12.1. The lowest BCUT2D eigenvalue weighted by Gasteiger charge is -2.16. The van der Waals surface area contributed by atoms with Crippen LogP contribution in [0.3, 0.4) is 0 Å². The molecule has 0 aliphatic heterocycles. The zero-order valence-electron chi connectivity index (χ0n) is 11.1. The fraction of sp³-hybridized carbons (Fsp3) is 0.929. The molecule has 0 aromatic carbocycles. The van der Waals surface area contributed by atoms with Crippen molar-refractivity contribution in [1.82, 2.24) is 5.32 Å². The second-order valence-corrected chi connectivity index (χ2v) is 4.72. The molecule has 0 radical (unpaired) electrons. The summed E-state index contributed by atoms with van der Waals surface area (Å²) in [6.45, 7) is 5.35. The summed E-state index contributed by atoms with van der Waals surface area (Å²) in [4.78, 5) is 10.2. The maximum absolute atomic E-state index is 10.2. The number of nitrogens with one attached hydrogen (secondary N) is 1. The summed E-state index contributed by atoms with van der Waals surface area (Å²) in [5.41, 5.74) is 0. The van der Waals surface area contributed by atoms with Crippen molar-refractivity contribution in [3.8, 4) is 0 Å². The summed E-state index contributed by atoms with van der Waals surface area (Å²) in [5, 5.41) is 2.78. The van der Waals surface area contributed by atoms with Gasteiger partial charge in [-0.05, 0) is 12.3 Å². The highest BCUT2D eigenvalue weighted by atomic mass is 16.1. The van der Waals surface area contributed by atoms with Gasteiger partial charge in [0.25, 0.3) is 0 Å². The molecule has 96 valence electrons. The highest BCUT2D eigenvalue weighted by Crippen LogP contribution is 2.20. The van der Waals surface area contributed by atoms with Crippen LogP contribution in [0.1, 0.15) is 71.6 Å². The van der Waals surface area contributed by atoms with Crippen LogP contribution in [0.5, 0.6) is 0 Å². The Bertz CT molecular complexity index is 148. The fourth-order valence-electron chi connectivity index (χ4n) is 2.13. The number of hydrogen-bond acceptors (Lipinski definition) is 1. The van der Waals surface area contributed by atoms with Gasteiger partial charge in [0.05, 0.1) is 0 Å². The SMILES string of the molecule is CCCCCCC(CCCC)CCNC=O. The molecule has 2 nitrogen and oxygen atoms in total. The molecule has 0 aliphatic rings. The minimum absolute atomic E-state index is 0.813. The van der Waals surface area contributed by atoms with Gasteiger partial charge in [-0.15, -0.1) is 0 Å². The molecular formula is C14H29NO. The van der Waals surface area contributed by atoms with E-state index in [1.165, 1.54) is 51.4 Å². The summed E-state index contributed by atoms with van der Waals surface area (Å²) in [6, 6.07) is 0. The first-order chi connectivity index (χ1) is 7.85. The van der Waals surface area contributed by atoms with Gasteiger partial charge in [-0.1, -0.05) is 65.2 Å². The van der Waals surface area contributed by atoms with Crippen LogP contribution in [0.15, 0.2) is 0 Å². The lowest BCUT2D eigenvalue weighted by Crippen LogP contribution is -2.16. The summed E-state index contributed by atoms with van der Waals surface area (Å²) in [7, 11) is 0. The Morgan fingerprint density at radius 2 is 1.62 bits per heavy atom. The van der Waals surface area contributed by atoms with Crippen molar-refractivity contribution in [2.24, 2.45) is 5.92 Å². The van der Waals surface area contributed by atoms with Crippen molar-refractivity contribution in [3.63, 3.8) is 0 Å². The molecule has 1 amide bonds. The van der Waals surface area contributed by atoms with Crippen molar-refractivity contribution in [2.45, 2.75) is 71.6 Å². The third-order valence-electron chi connectivity index (χ3n) is 3.21. The molecule has 1 N–H and O–H groups in total. The van der Waals surface area contributed by atoms with Crippen molar-refractivity contribution in [1.29, 1.82) is 0 Å². The van der Waals surface area contributed by atoms with Gasteiger partial charge in [0, 0.05) is 6.54 Å². The standard InChI is InChI=1S/C14H29NO/c1-3-5-7-8-10-14(9-6-4-2)11-12-15-13-16/h13-14H,3-12H2,1-2H3,(H,15,16). The van der Waals surface area contributed by atoms with E-state index >= 15 is 0 Å². The van der Waals surface area contributed by atoms with Crippen molar-refractivity contribution in [3.05, 3.63) is 0 Å². The minimum Gasteiger partial charge on any atom is -0.359 e. The molecule has 0 aliphatic carbocycles. The van der Waals surface area contributed by atoms with E-state index in [-0.39, 0.29) is 0 Å². The molecule has 0 saturated carbocycles. The van der Waals surface area contributed by atoms with Crippen molar-refractivity contribution < 1.29 is 4.79 Å². The van der Waals surface area contributed by atoms with E-state index in [0.29, 0.717) is 0 Å². The van der Waals surface area contributed by atoms with E-state index < -0.39 is 0 Å². The Morgan fingerprint density at radius 3 is 2.25 bits per heavy atom. The maximum Gasteiger partial charge on any atom is 0.207 e. The van der Waals surface area contributed by atoms with Gasteiger partial charge in [-0.3, -0.25) is 4.79 Å². The number of rotatable bonds is 12. The van der Waals surface area contributed by atoms with Gasteiger partial charge >= 0.3 is 0 Å². The molecule has 0 spiro atoms. The minimum atomic E-state index is 0.813. The van der Waals surface area contributed by atoms with E-state index in [9.17, 15) is 4.79 Å². The third kappa shape index (κ3) is 10.0. The first-order valence-electron chi connectivity index (χ1n) is 7.02. The van der Waals surface area contributed by atoms with Crippen LogP contribution in [-0.2, 0) is 4.79 Å². The van der Waals surface area contributed by atoms with Crippen LogP contribution in [-0.4, -0.2) is 13.0 Å². The van der Waals surface area contributed by atoms with Gasteiger partial charge in [0.1, 0.15) is 0 Å². The van der Waals surface area contributed by atoms with Crippen LogP contribution in [0.2, 0.25) is 0 Å². The molecule has 2 heteroatoms. The van der Waals surface area contributed by atoms with Crippen molar-refractivity contribution in [2.75, 3.05) is 6.54 Å². The number of hydrogen-bond donors (Lipinski definition) is 1. The van der Waals surface area contributed by atoms with Crippen molar-refractivity contribution >= 4 is 6.41 Å². The van der Waals surface area contributed by atoms with E-state index in [2.05, 4.69) is 19.2 Å². The second kappa shape index (κ2) is 12.5. The summed E-state index contributed by atoms with van der Waals surface area (Å²) in [5.74, 6) is 0.823. The third-order valence-corrected chi connectivity index (χ3v) is 3.21. The Labute approximate surface area is 101 Å². The second-order valence-electron chi connectivity index (χ2n) is 4.72. The zero-order chi connectivity index (χ0) is 12.1. The van der Waals surface area contributed by atoms with E-state index in [1.54, 1.807) is 0 Å². The molecule has 1 atom stereocenters. The quantitative estimate of drug-likeness (QED) is 0.397. The molecule has 0 bridgehead atoms. The molecular weight excluding hydrogens is 198 g/mol. The Hall–Kier alpha value is -0.530. The first kappa shape index (κ1) is 15.5. The lowest BCUT2D eigenvalue weighted by molar-refractivity contribution is -0.109. The molecule has 0 aromatic rings. The van der Waals surface area contributed by atoms with Gasteiger partial charge in [0.15, 0.2) is 0 Å². The van der Waals surface area contributed by atoms with Crippen LogP contribution in [0, 0.1) is 5.92 Å². The number of amides is 1. The molecule has 0 aromatic heterocycles. The van der Waals surface area contributed by atoms with Crippen LogP contribution >= 0.6 is 0 Å². The molecule has 16 heavy (non-hydrogen) atoms. The smallest absolute Gasteiger partial charge is 0.207 e. The first-order valence-corrected chi connectivity index (χ1v) is 7.02. The maximum atomic E-state index is 10.2. The zero-order valence-corrected chi connectivity index (χ0v) is 11.1. The lowest BCUT2D eigenvalue weighted by atomic mass is 9.92. The summed E-state index contributed by atoms with van der Waals surface area (Å²) < 4.78 is 0. The van der Waals surface area contributed by atoms with Crippen LogP contribution in [0.25, 0.3) is 0 Å². The largest absolute Gasteiger partial charge is 0.359 e. The van der Waals surface area contributed by atoms with Gasteiger partial charge in [-0.2, -0.15) is 0 Å². The number of carbonyl (C=O) groups excluding carboxylic acids is 1. The molecule has 0 saturated heterocycles. The van der Waals surface area contributed by atoms with E-state index in [0.717, 1.165) is 25.3 Å². The van der Waals surface area contributed by atoms with Gasteiger partial charge in [-0.25, -0.2) is 0 Å². The molecule has 0 fully saturated rings. The average molecular weight is 227 g/mol. The highest BCUT2D eigenvalue weighted by Gasteiger charge is 2.07. The predicted molar refractivity (Wildman–Crippen MR) is 70.5 cm³/mol. The Morgan fingerprint density at radius 1 is 0.938 bits per heavy atom. The van der Waals surface area contributed by atoms with Crippen LogP contribution < -0.4 is 5.32 Å². The highest BCUT2D eigenvalue weighted by molar-refractivity contribution is 5.45. The van der Waals surface area contributed by atoms with Crippen LogP contribution in [0.4, 0.5) is 0 Å². The topological polar surface area (TPSA) is 29.1 Å². The van der Waals surface area contributed by atoms with E-state index in [1.807, 2.05) is 0 Å². The summed E-state index contributed by atoms with van der Waals surface area (Å²) >= 11 is 0. The monoisotopic (exact) mass is 227 g/mol. The Balaban J connectivity index is 3.58. The summed E-state index contributed by atoms with van der Waals surface area (Å²) in [6.07, 6.45) is 12.7. The molecule has 0 heterocycles. The average Bonchev–Trinajstić information content (AvgIpc) is 2.31.